The third-order valence-corrected chi connectivity index (χ3v) is 2.33. The fraction of sp³-hybridized carbons (Fsp3) is 0.167. The molecule has 0 spiro atoms. The second-order valence-corrected chi connectivity index (χ2v) is 3.79. The highest BCUT2D eigenvalue weighted by Gasteiger charge is 2.08. The van der Waals surface area contributed by atoms with Crippen LogP contribution in [-0.2, 0) is 11.3 Å². The minimum Gasteiger partial charge on any atom is -0.460 e. The van der Waals surface area contributed by atoms with E-state index >= 15 is 0 Å². The molecule has 0 radical (unpaired) electrons. The molecule has 0 fully saturated rings. The van der Waals surface area contributed by atoms with Crippen molar-refractivity contribution in [2.75, 3.05) is 18.1 Å². The summed E-state index contributed by atoms with van der Waals surface area (Å²) in [5, 5.41) is 4.00. The molecule has 0 aliphatic rings. The number of rotatable bonds is 4. The Hall–Kier alpha value is -2.50. The van der Waals surface area contributed by atoms with E-state index in [4.69, 9.17) is 16.2 Å². The predicted octanol–water partition coefficient (Wildman–Crippen LogP) is 0.904. The van der Waals surface area contributed by atoms with E-state index in [-0.39, 0.29) is 6.61 Å². The zero-order valence-electron chi connectivity index (χ0n) is 9.74. The molecule has 1 aromatic heterocycles. The van der Waals surface area contributed by atoms with Crippen molar-refractivity contribution in [2.45, 2.75) is 6.54 Å². The SMILES string of the molecule is Nc1cc(N)cc(C(=O)OCCn2cccn2)c1. The highest BCUT2D eigenvalue weighted by Crippen LogP contribution is 2.14. The summed E-state index contributed by atoms with van der Waals surface area (Å²) in [6.07, 6.45) is 3.47. The average Bonchev–Trinajstić information content (AvgIpc) is 2.80. The van der Waals surface area contributed by atoms with E-state index in [9.17, 15) is 4.79 Å². The molecule has 0 amide bonds. The molecule has 18 heavy (non-hydrogen) atoms. The number of anilines is 2. The second-order valence-electron chi connectivity index (χ2n) is 3.79. The number of carbonyl (C=O) groups is 1. The summed E-state index contributed by atoms with van der Waals surface area (Å²) in [4.78, 5) is 11.7. The Morgan fingerprint density at radius 3 is 2.61 bits per heavy atom. The Bertz CT molecular complexity index is 517. The van der Waals surface area contributed by atoms with Crippen molar-refractivity contribution < 1.29 is 9.53 Å². The number of hydrogen-bond acceptors (Lipinski definition) is 5. The van der Waals surface area contributed by atoms with Crippen molar-refractivity contribution in [3.63, 3.8) is 0 Å². The number of aromatic nitrogens is 2. The van der Waals surface area contributed by atoms with E-state index in [1.807, 2.05) is 0 Å². The van der Waals surface area contributed by atoms with E-state index in [0.29, 0.717) is 23.5 Å². The van der Waals surface area contributed by atoms with Gasteiger partial charge in [-0.15, -0.1) is 0 Å². The van der Waals surface area contributed by atoms with Gasteiger partial charge in [0.05, 0.1) is 12.1 Å². The van der Waals surface area contributed by atoms with Crippen molar-refractivity contribution in [1.29, 1.82) is 0 Å². The molecule has 1 heterocycles. The third kappa shape index (κ3) is 3.00. The molecule has 1 aromatic carbocycles. The number of hydrogen-bond donors (Lipinski definition) is 2. The molecule has 0 unspecified atom stereocenters. The molecule has 0 bridgehead atoms. The summed E-state index contributed by atoms with van der Waals surface area (Å²) in [5.74, 6) is -0.443. The zero-order valence-corrected chi connectivity index (χ0v) is 9.74. The fourth-order valence-corrected chi connectivity index (χ4v) is 1.54. The van der Waals surface area contributed by atoms with Crippen molar-refractivity contribution in [1.82, 2.24) is 9.78 Å². The summed E-state index contributed by atoms with van der Waals surface area (Å²) < 4.78 is 6.78. The lowest BCUT2D eigenvalue weighted by molar-refractivity contribution is 0.0488. The molecule has 6 heteroatoms. The topological polar surface area (TPSA) is 96.2 Å². The number of esters is 1. The minimum absolute atomic E-state index is 0.245. The maximum atomic E-state index is 11.7. The predicted molar refractivity (Wildman–Crippen MR) is 67.8 cm³/mol. The average molecular weight is 246 g/mol. The molecule has 0 aliphatic heterocycles. The number of nitrogens with two attached hydrogens (primary N) is 2. The lowest BCUT2D eigenvalue weighted by Gasteiger charge is -2.06. The quantitative estimate of drug-likeness (QED) is 0.617. The van der Waals surface area contributed by atoms with Gasteiger partial charge in [-0.2, -0.15) is 5.10 Å². The van der Waals surface area contributed by atoms with Gasteiger partial charge in [-0.3, -0.25) is 4.68 Å². The van der Waals surface area contributed by atoms with Crippen LogP contribution in [-0.4, -0.2) is 22.4 Å². The molecule has 2 rings (SSSR count). The van der Waals surface area contributed by atoms with E-state index in [1.165, 1.54) is 12.1 Å². The smallest absolute Gasteiger partial charge is 0.338 e. The summed E-state index contributed by atoms with van der Waals surface area (Å²) in [5.41, 5.74) is 12.4. The molecule has 4 N–H and O–H groups in total. The van der Waals surface area contributed by atoms with E-state index in [2.05, 4.69) is 5.10 Å². The minimum atomic E-state index is -0.443. The largest absolute Gasteiger partial charge is 0.460 e. The van der Waals surface area contributed by atoms with Gasteiger partial charge >= 0.3 is 5.97 Å². The van der Waals surface area contributed by atoms with Gasteiger partial charge in [0, 0.05) is 23.8 Å². The van der Waals surface area contributed by atoms with Crippen LogP contribution < -0.4 is 11.5 Å². The Kier molecular flexibility index (Phi) is 3.47. The van der Waals surface area contributed by atoms with Crippen molar-refractivity contribution in [2.24, 2.45) is 0 Å². The van der Waals surface area contributed by atoms with Crippen molar-refractivity contribution >= 4 is 17.3 Å². The van der Waals surface area contributed by atoms with Crippen LogP contribution in [0.4, 0.5) is 11.4 Å². The van der Waals surface area contributed by atoms with Gasteiger partial charge in [0.15, 0.2) is 0 Å². The Balaban J connectivity index is 1.91. The number of ether oxygens (including phenoxy) is 1. The molecular formula is C12H14N4O2. The molecule has 6 nitrogen and oxygen atoms in total. The lowest BCUT2D eigenvalue weighted by atomic mass is 10.2. The van der Waals surface area contributed by atoms with Gasteiger partial charge in [0.1, 0.15) is 6.61 Å². The lowest BCUT2D eigenvalue weighted by Crippen LogP contribution is -2.12. The maximum Gasteiger partial charge on any atom is 0.338 e. The Morgan fingerprint density at radius 1 is 1.28 bits per heavy atom. The third-order valence-electron chi connectivity index (χ3n) is 2.33. The summed E-state index contributed by atoms with van der Waals surface area (Å²) in [6, 6.07) is 6.46. The monoisotopic (exact) mass is 246 g/mol. The Labute approximate surface area is 104 Å². The van der Waals surface area contributed by atoms with Crippen molar-refractivity contribution in [3.8, 4) is 0 Å². The van der Waals surface area contributed by atoms with E-state index < -0.39 is 5.97 Å². The summed E-state index contributed by atoms with van der Waals surface area (Å²) in [6.45, 7) is 0.756. The van der Waals surface area contributed by atoms with Crippen LogP contribution in [0.5, 0.6) is 0 Å². The first kappa shape index (κ1) is 12.0. The number of nitrogens with zero attached hydrogens (tertiary/aromatic N) is 2. The zero-order chi connectivity index (χ0) is 13.0. The van der Waals surface area contributed by atoms with Gasteiger partial charge in [0.2, 0.25) is 0 Å². The highest BCUT2D eigenvalue weighted by molar-refractivity contribution is 5.91. The first-order valence-electron chi connectivity index (χ1n) is 5.46. The molecule has 94 valence electrons. The van der Waals surface area contributed by atoms with E-state index in [0.717, 1.165) is 0 Å². The standard InChI is InChI=1S/C12H14N4O2/c13-10-6-9(7-11(14)8-10)12(17)18-5-4-16-3-1-2-15-16/h1-3,6-8H,4-5,13-14H2. The van der Waals surface area contributed by atoms with Crippen LogP contribution in [0.3, 0.4) is 0 Å². The van der Waals surface area contributed by atoms with Crippen LogP contribution in [0.2, 0.25) is 0 Å². The molecule has 2 aromatic rings. The van der Waals surface area contributed by atoms with Crippen LogP contribution >= 0.6 is 0 Å². The molecule has 0 saturated carbocycles. The summed E-state index contributed by atoms with van der Waals surface area (Å²) in [7, 11) is 0. The van der Waals surface area contributed by atoms with Crippen LogP contribution in [0.1, 0.15) is 10.4 Å². The van der Waals surface area contributed by atoms with Crippen molar-refractivity contribution in [3.05, 3.63) is 42.2 Å². The number of benzene rings is 1. The first-order valence-corrected chi connectivity index (χ1v) is 5.46. The van der Waals surface area contributed by atoms with Crippen LogP contribution in [0.15, 0.2) is 36.7 Å². The van der Waals surface area contributed by atoms with Gasteiger partial charge < -0.3 is 16.2 Å². The van der Waals surface area contributed by atoms with Crippen LogP contribution in [0, 0.1) is 0 Å². The first-order chi connectivity index (χ1) is 8.65. The highest BCUT2D eigenvalue weighted by atomic mass is 16.5. The second kappa shape index (κ2) is 5.22. The maximum absolute atomic E-state index is 11.7. The molecule has 0 atom stereocenters. The molecule has 0 saturated heterocycles. The van der Waals surface area contributed by atoms with E-state index in [1.54, 1.807) is 29.2 Å². The van der Waals surface area contributed by atoms with Gasteiger partial charge in [0.25, 0.3) is 0 Å². The summed E-state index contributed by atoms with van der Waals surface area (Å²) >= 11 is 0. The fourth-order valence-electron chi connectivity index (χ4n) is 1.54. The van der Waals surface area contributed by atoms with Gasteiger partial charge in [-0.05, 0) is 24.3 Å². The normalized spacial score (nSPS) is 10.2. The van der Waals surface area contributed by atoms with Gasteiger partial charge in [-0.1, -0.05) is 0 Å². The molecular weight excluding hydrogens is 232 g/mol. The number of carbonyl (C=O) groups excluding carboxylic acids is 1. The number of nitrogen functional groups attached to an aromatic ring is 2. The van der Waals surface area contributed by atoms with Gasteiger partial charge in [-0.25, -0.2) is 4.79 Å². The molecule has 0 aliphatic carbocycles. The Morgan fingerprint density at radius 2 is 2.00 bits per heavy atom. The van der Waals surface area contributed by atoms with Crippen LogP contribution in [0.25, 0.3) is 0 Å².